The van der Waals surface area contributed by atoms with Crippen molar-refractivity contribution in [3.05, 3.63) is 130 Å². The third-order valence-electron chi connectivity index (χ3n) is 7.86. The number of hydrogen-bond donors (Lipinski definition) is 0. The molecule has 0 unspecified atom stereocenters. The van der Waals surface area contributed by atoms with Crippen LogP contribution < -0.4 is 5.46 Å². The van der Waals surface area contributed by atoms with Crippen molar-refractivity contribution < 1.29 is 9.14 Å². The number of fused-ring (bicyclic) bond motifs is 4. The van der Waals surface area contributed by atoms with Crippen LogP contribution in [0, 0.1) is 20.8 Å². The van der Waals surface area contributed by atoms with Gasteiger partial charge in [-0.15, -0.1) is 0 Å². The maximum Gasteiger partial charge on any atom is 0.545 e. The summed E-state index contributed by atoms with van der Waals surface area (Å²) in [6.45, 7) is 5.46. The zero-order valence-electron chi connectivity index (χ0n) is 20.3. The summed E-state index contributed by atoms with van der Waals surface area (Å²) in [7, 11) is 0. The highest BCUT2D eigenvalue weighted by molar-refractivity contribution is 6.80. The Kier molecular flexibility index (Phi) is 4.28. The van der Waals surface area contributed by atoms with E-state index in [1.165, 1.54) is 61.5 Å². The molecule has 0 bridgehead atoms. The molecule has 0 aliphatic carbocycles. The normalized spacial score (nSPS) is 19.7. The Labute approximate surface area is 206 Å². The Balaban J connectivity index is 1.64. The lowest BCUT2D eigenvalue weighted by molar-refractivity contribution is -0.349. The lowest BCUT2D eigenvalue weighted by atomic mass is 9.54. The van der Waals surface area contributed by atoms with Crippen LogP contribution in [-0.4, -0.2) is 21.8 Å². The van der Waals surface area contributed by atoms with E-state index in [0.717, 1.165) is 0 Å². The van der Waals surface area contributed by atoms with Crippen LogP contribution in [0.15, 0.2) is 96.7 Å². The Bertz CT molecular complexity index is 1600. The summed E-state index contributed by atoms with van der Waals surface area (Å²) in [5.41, 5.74) is 13.7. The Morgan fingerprint density at radius 3 is 2.34 bits per heavy atom. The minimum Gasteiger partial charge on any atom is -0.504 e. The first-order valence-corrected chi connectivity index (χ1v) is 12.4. The van der Waals surface area contributed by atoms with E-state index < -0.39 is 6.62 Å². The Hall–Kier alpha value is -3.89. The Morgan fingerprint density at radius 1 is 0.829 bits per heavy atom. The van der Waals surface area contributed by atoms with E-state index in [0.29, 0.717) is 6.61 Å². The van der Waals surface area contributed by atoms with Gasteiger partial charge in [-0.05, 0) is 55.2 Å². The first-order valence-electron chi connectivity index (χ1n) is 12.4. The molecule has 4 heterocycles. The first kappa shape index (κ1) is 20.5. The number of benzene rings is 3. The van der Waals surface area contributed by atoms with Gasteiger partial charge in [-0.25, -0.2) is 0 Å². The van der Waals surface area contributed by atoms with Gasteiger partial charge >= 0.3 is 6.62 Å². The molecular weight excluding hydrogens is 427 g/mol. The number of allylic oxidation sites excluding steroid dienone is 2. The van der Waals surface area contributed by atoms with Crippen LogP contribution in [0.5, 0.6) is 0 Å². The van der Waals surface area contributed by atoms with E-state index in [4.69, 9.17) is 4.65 Å². The van der Waals surface area contributed by atoms with E-state index in [9.17, 15) is 0 Å². The third-order valence-corrected chi connectivity index (χ3v) is 7.86. The highest BCUT2D eigenvalue weighted by atomic mass is 16.5. The summed E-state index contributed by atoms with van der Waals surface area (Å²) >= 11 is 0. The van der Waals surface area contributed by atoms with Crippen LogP contribution in [0.25, 0.3) is 16.8 Å². The van der Waals surface area contributed by atoms with E-state index in [-0.39, 0.29) is 0 Å². The molecule has 3 aliphatic heterocycles. The first-order chi connectivity index (χ1) is 17.1. The fourth-order valence-electron chi connectivity index (χ4n) is 6.61. The lowest BCUT2D eigenvalue weighted by Gasteiger charge is -2.43. The molecule has 0 N–H and O–H groups in total. The number of nitrogens with zero attached hydrogens (tertiary/aromatic N) is 2. The van der Waals surface area contributed by atoms with Gasteiger partial charge in [0.05, 0.1) is 5.57 Å². The molecule has 35 heavy (non-hydrogen) atoms. The Morgan fingerprint density at radius 2 is 1.54 bits per heavy atom. The molecule has 4 aromatic rings. The summed E-state index contributed by atoms with van der Waals surface area (Å²) in [5.74, 6) is 0. The van der Waals surface area contributed by atoms with E-state index in [1.54, 1.807) is 0 Å². The number of aromatic nitrogens is 1. The SMILES string of the molecule is Cc1cc(C)c(C2=C3C=CC=[N+]3[B@-]3(c4ccccc4)OCc4ccccc4-c4ccc2n43)c(C)c1. The van der Waals surface area contributed by atoms with Gasteiger partial charge in [0.2, 0.25) is 0 Å². The molecule has 1 atom stereocenters. The van der Waals surface area contributed by atoms with Gasteiger partial charge in [-0.3, -0.25) is 0 Å². The highest BCUT2D eigenvalue weighted by Gasteiger charge is 2.54. The molecule has 0 spiro atoms. The van der Waals surface area contributed by atoms with E-state index in [1.807, 2.05) is 0 Å². The van der Waals surface area contributed by atoms with Gasteiger partial charge in [-0.2, -0.15) is 0 Å². The van der Waals surface area contributed by atoms with Gasteiger partial charge in [-0.1, -0.05) is 77.8 Å². The van der Waals surface area contributed by atoms with Crippen molar-refractivity contribution in [3.63, 3.8) is 0 Å². The van der Waals surface area contributed by atoms with E-state index in [2.05, 4.69) is 127 Å². The van der Waals surface area contributed by atoms with Crippen molar-refractivity contribution in [1.29, 1.82) is 0 Å². The summed E-state index contributed by atoms with van der Waals surface area (Å²) in [5, 5.41) is 0. The maximum atomic E-state index is 7.09. The van der Waals surface area contributed by atoms with Crippen LogP contribution in [-0.2, 0) is 11.3 Å². The smallest absolute Gasteiger partial charge is 0.504 e. The molecule has 1 aromatic heterocycles. The lowest BCUT2D eigenvalue weighted by Crippen LogP contribution is -2.67. The van der Waals surface area contributed by atoms with Crippen LogP contribution in [0.1, 0.15) is 33.5 Å². The summed E-state index contributed by atoms with van der Waals surface area (Å²) < 4.78 is 12.0. The van der Waals surface area contributed by atoms with Gasteiger partial charge in [0.1, 0.15) is 6.21 Å². The van der Waals surface area contributed by atoms with Crippen molar-refractivity contribution >= 4 is 23.9 Å². The van der Waals surface area contributed by atoms with Crippen LogP contribution in [0.2, 0.25) is 0 Å². The molecule has 3 aliphatic rings. The van der Waals surface area contributed by atoms with Crippen molar-refractivity contribution in [2.75, 3.05) is 0 Å². The standard InChI is InChI=1S/C31H27BN2O/c1-21-18-22(2)30(23(3)19-21)31-28-14-9-17-33(28)32(25-11-5-4-6-12-25)34-27(15-16-29(31)34)26-13-8-7-10-24(26)20-35-32/h4-19H,20H2,1-3H3/t32-/m0/s1. The summed E-state index contributed by atoms with van der Waals surface area (Å²) in [6, 6.07) is 28.6. The van der Waals surface area contributed by atoms with Crippen LogP contribution in [0.3, 0.4) is 0 Å². The van der Waals surface area contributed by atoms with Crippen molar-refractivity contribution in [1.82, 2.24) is 4.48 Å². The van der Waals surface area contributed by atoms with Gasteiger partial charge in [0, 0.05) is 35.7 Å². The van der Waals surface area contributed by atoms with Crippen molar-refractivity contribution in [2.45, 2.75) is 27.4 Å². The van der Waals surface area contributed by atoms with Crippen LogP contribution in [0.4, 0.5) is 0 Å². The molecule has 0 radical (unpaired) electrons. The molecule has 0 amide bonds. The second-order valence-corrected chi connectivity index (χ2v) is 10.0. The van der Waals surface area contributed by atoms with Gasteiger partial charge in [0.15, 0.2) is 5.70 Å². The molecule has 0 saturated heterocycles. The molecule has 0 fully saturated rings. The van der Waals surface area contributed by atoms with Crippen LogP contribution >= 0.6 is 0 Å². The largest absolute Gasteiger partial charge is 0.545 e. The summed E-state index contributed by atoms with van der Waals surface area (Å²) in [4.78, 5) is 0. The maximum absolute atomic E-state index is 7.09. The second kappa shape index (κ2) is 7.30. The molecular formula is C31H27BN2O. The average molecular weight is 454 g/mol. The molecule has 0 saturated carbocycles. The van der Waals surface area contributed by atoms with Gasteiger partial charge < -0.3 is 13.6 Å². The van der Waals surface area contributed by atoms with Gasteiger partial charge in [0.25, 0.3) is 0 Å². The fourth-order valence-corrected chi connectivity index (χ4v) is 6.61. The van der Waals surface area contributed by atoms with E-state index >= 15 is 0 Å². The minimum absolute atomic E-state index is 0.557. The average Bonchev–Trinajstić information content (AvgIpc) is 3.49. The highest BCUT2D eigenvalue weighted by Crippen LogP contribution is 2.45. The summed E-state index contributed by atoms with van der Waals surface area (Å²) in [6.07, 6.45) is 6.61. The van der Waals surface area contributed by atoms with Crippen molar-refractivity contribution in [3.8, 4) is 11.3 Å². The minimum atomic E-state index is -1.75. The predicted molar refractivity (Wildman–Crippen MR) is 144 cm³/mol. The molecule has 3 nitrogen and oxygen atoms in total. The zero-order valence-corrected chi connectivity index (χ0v) is 20.3. The number of hydrogen-bond acceptors (Lipinski definition) is 1. The molecule has 3 aromatic carbocycles. The number of rotatable bonds is 2. The molecule has 170 valence electrons. The number of aryl methyl sites for hydroxylation is 3. The second-order valence-electron chi connectivity index (χ2n) is 10.0. The monoisotopic (exact) mass is 454 g/mol. The topological polar surface area (TPSA) is 17.2 Å². The van der Waals surface area contributed by atoms with Crippen molar-refractivity contribution in [2.24, 2.45) is 0 Å². The fraction of sp³-hybridized carbons (Fsp3) is 0.129. The zero-order chi connectivity index (χ0) is 23.7. The predicted octanol–water partition coefficient (Wildman–Crippen LogP) is 5.73. The molecule has 7 rings (SSSR count). The molecule has 4 heteroatoms. The third kappa shape index (κ3) is 2.69. The quantitative estimate of drug-likeness (QED) is 0.354.